The van der Waals surface area contributed by atoms with Gasteiger partial charge in [0.15, 0.2) is 11.8 Å². The third-order valence-corrected chi connectivity index (χ3v) is 2.53. The van der Waals surface area contributed by atoms with Gasteiger partial charge in [-0.3, -0.25) is 4.99 Å². The Bertz CT molecular complexity index is 361. The number of nitrogens with zero attached hydrogens (tertiary/aromatic N) is 3. The molecular weight excluding hydrogens is 230 g/mol. The van der Waals surface area contributed by atoms with Gasteiger partial charge in [0.2, 0.25) is 5.89 Å². The average molecular weight is 253 g/mol. The standard InChI is InChI=1S/C12H23N5O/c1-4-5-6-7-8-14-12(13-3)15-9-11-16-10(2)18-17-11/h4-9H2,1-3H3,(H2,13,14,15). The van der Waals surface area contributed by atoms with E-state index in [1.165, 1.54) is 19.3 Å². The first-order chi connectivity index (χ1) is 8.76. The van der Waals surface area contributed by atoms with Gasteiger partial charge in [-0.25, -0.2) is 0 Å². The molecule has 0 aromatic carbocycles. The predicted molar refractivity (Wildman–Crippen MR) is 71.4 cm³/mol. The molecule has 0 saturated carbocycles. The lowest BCUT2D eigenvalue weighted by Crippen LogP contribution is -2.37. The lowest BCUT2D eigenvalue weighted by atomic mass is 10.2. The summed E-state index contributed by atoms with van der Waals surface area (Å²) in [7, 11) is 1.75. The number of guanidine groups is 1. The highest BCUT2D eigenvalue weighted by atomic mass is 16.5. The maximum Gasteiger partial charge on any atom is 0.223 e. The van der Waals surface area contributed by atoms with Crippen molar-refractivity contribution in [2.24, 2.45) is 4.99 Å². The van der Waals surface area contributed by atoms with Gasteiger partial charge in [-0.05, 0) is 6.42 Å². The molecule has 1 aromatic rings. The number of unbranched alkanes of at least 4 members (excludes halogenated alkanes) is 3. The quantitative estimate of drug-likeness (QED) is 0.439. The second-order valence-corrected chi connectivity index (χ2v) is 4.14. The average Bonchev–Trinajstić information content (AvgIpc) is 2.78. The summed E-state index contributed by atoms with van der Waals surface area (Å²) >= 11 is 0. The number of aryl methyl sites for hydroxylation is 1. The van der Waals surface area contributed by atoms with Gasteiger partial charge in [0.1, 0.15) is 0 Å². The number of hydrogen-bond donors (Lipinski definition) is 2. The van der Waals surface area contributed by atoms with Gasteiger partial charge in [-0.15, -0.1) is 0 Å². The molecule has 18 heavy (non-hydrogen) atoms. The maximum atomic E-state index is 4.89. The summed E-state index contributed by atoms with van der Waals surface area (Å²) in [5.41, 5.74) is 0. The van der Waals surface area contributed by atoms with E-state index in [0.29, 0.717) is 18.3 Å². The molecule has 6 heteroatoms. The van der Waals surface area contributed by atoms with E-state index in [-0.39, 0.29) is 0 Å². The van der Waals surface area contributed by atoms with E-state index < -0.39 is 0 Å². The molecule has 0 bridgehead atoms. The SMILES string of the molecule is CCCCCCNC(=NC)NCc1noc(C)n1. The molecule has 6 nitrogen and oxygen atoms in total. The molecule has 102 valence electrons. The van der Waals surface area contributed by atoms with Gasteiger partial charge in [-0.2, -0.15) is 4.98 Å². The molecule has 0 aliphatic carbocycles. The van der Waals surface area contributed by atoms with Crippen molar-refractivity contribution >= 4 is 5.96 Å². The Kier molecular flexibility index (Phi) is 6.83. The number of aromatic nitrogens is 2. The fraction of sp³-hybridized carbons (Fsp3) is 0.750. The molecule has 0 aliphatic heterocycles. The second-order valence-electron chi connectivity index (χ2n) is 4.14. The summed E-state index contributed by atoms with van der Waals surface area (Å²) in [5, 5.41) is 10.2. The number of aliphatic imine (C=N–C) groups is 1. The molecule has 2 N–H and O–H groups in total. The summed E-state index contributed by atoms with van der Waals surface area (Å²) in [5.74, 6) is 1.99. The summed E-state index contributed by atoms with van der Waals surface area (Å²) in [4.78, 5) is 8.25. The summed E-state index contributed by atoms with van der Waals surface area (Å²) in [6, 6.07) is 0. The van der Waals surface area contributed by atoms with Crippen molar-refractivity contribution in [2.45, 2.75) is 46.1 Å². The second kappa shape index (κ2) is 8.49. The van der Waals surface area contributed by atoms with Crippen LogP contribution in [0.25, 0.3) is 0 Å². The van der Waals surface area contributed by atoms with Crippen molar-refractivity contribution in [3.8, 4) is 0 Å². The Labute approximate surface area is 108 Å². The van der Waals surface area contributed by atoms with Crippen LogP contribution in [0.15, 0.2) is 9.52 Å². The molecule has 0 saturated heterocycles. The molecule has 1 aromatic heterocycles. The Hall–Kier alpha value is -1.59. The summed E-state index contributed by atoms with van der Waals surface area (Å²) in [6.07, 6.45) is 4.96. The monoisotopic (exact) mass is 253 g/mol. The Morgan fingerprint density at radius 3 is 2.72 bits per heavy atom. The molecule has 0 spiro atoms. The predicted octanol–water partition coefficient (Wildman–Crippen LogP) is 1.62. The highest BCUT2D eigenvalue weighted by Gasteiger charge is 2.03. The molecule has 0 atom stereocenters. The van der Waals surface area contributed by atoms with Crippen LogP contribution < -0.4 is 10.6 Å². The van der Waals surface area contributed by atoms with E-state index in [1.807, 2.05) is 0 Å². The zero-order chi connectivity index (χ0) is 13.2. The van der Waals surface area contributed by atoms with Crippen LogP contribution in [-0.2, 0) is 6.54 Å². The minimum Gasteiger partial charge on any atom is -0.356 e. The Morgan fingerprint density at radius 2 is 2.11 bits per heavy atom. The summed E-state index contributed by atoms with van der Waals surface area (Å²) in [6.45, 7) is 5.44. The van der Waals surface area contributed by atoms with Crippen LogP contribution in [0.5, 0.6) is 0 Å². The van der Waals surface area contributed by atoms with Crippen molar-refractivity contribution in [1.29, 1.82) is 0 Å². The molecular formula is C12H23N5O. The van der Waals surface area contributed by atoms with Crippen LogP contribution in [0.4, 0.5) is 0 Å². The van der Waals surface area contributed by atoms with Gasteiger partial charge in [0.25, 0.3) is 0 Å². The highest BCUT2D eigenvalue weighted by molar-refractivity contribution is 5.79. The number of nitrogens with one attached hydrogen (secondary N) is 2. The zero-order valence-corrected chi connectivity index (χ0v) is 11.5. The third-order valence-electron chi connectivity index (χ3n) is 2.53. The van der Waals surface area contributed by atoms with Crippen molar-refractivity contribution in [3.05, 3.63) is 11.7 Å². The van der Waals surface area contributed by atoms with Gasteiger partial charge in [-0.1, -0.05) is 31.3 Å². The van der Waals surface area contributed by atoms with Crippen molar-refractivity contribution in [3.63, 3.8) is 0 Å². The molecule has 0 radical (unpaired) electrons. The Balaban J connectivity index is 2.18. The fourth-order valence-electron chi connectivity index (χ4n) is 1.56. The molecule has 1 heterocycles. The molecule has 0 amide bonds. The minimum absolute atomic E-state index is 0.520. The van der Waals surface area contributed by atoms with E-state index in [0.717, 1.165) is 18.9 Å². The lowest BCUT2D eigenvalue weighted by molar-refractivity contribution is 0.387. The zero-order valence-electron chi connectivity index (χ0n) is 11.5. The van der Waals surface area contributed by atoms with Gasteiger partial charge in [0, 0.05) is 20.5 Å². The van der Waals surface area contributed by atoms with Crippen LogP contribution in [0.1, 0.15) is 44.3 Å². The van der Waals surface area contributed by atoms with Gasteiger partial charge < -0.3 is 15.2 Å². The van der Waals surface area contributed by atoms with E-state index >= 15 is 0 Å². The van der Waals surface area contributed by atoms with Crippen LogP contribution in [0.2, 0.25) is 0 Å². The fourth-order valence-corrected chi connectivity index (χ4v) is 1.56. The van der Waals surface area contributed by atoms with Crippen molar-refractivity contribution in [2.75, 3.05) is 13.6 Å². The summed E-state index contributed by atoms with van der Waals surface area (Å²) < 4.78 is 4.89. The van der Waals surface area contributed by atoms with E-state index in [9.17, 15) is 0 Å². The smallest absolute Gasteiger partial charge is 0.223 e. The first kappa shape index (κ1) is 14.5. The molecule has 0 aliphatic rings. The van der Waals surface area contributed by atoms with Gasteiger partial charge in [0.05, 0.1) is 6.54 Å². The van der Waals surface area contributed by atoms with Crippen LogP contribution in [0, 0.1) is 6.92 Å². The minimum atomic E-state index is 0.520. The number of rotatable bonds is 7. The van der Waals surface area contributed by atoms with E-state index in [1.54, 1.807) is 14.0 Å². The number of hydrogen-bond acceptors (Lipinski definition) is 4. The van der Waals surface area contributed by atoms with Crippen molar-refractivity contribution < 1.29 is 4.52 Å². The molecule has 1 rings (SSSR count). The van der Waals surface area contributed by atoms with E-state index in [4.69, 9.17) is 4.52 Å². The third kappa shape index (κ3) is 5.65. The normalized spacial score (nSPS) is 11.6. The Morgan fingerprint density at radius 1 is 1.28 bits per heavy atom. The largest absolute Gasteiger partial charge is 0.356 e. The van der Waals surface area contributed by atoms with Crippen LogP contribution in [0.3, 0.4) is 0 Å². The molecule has 0 unspecified atom stereocenters. The first-order valence-electron chi connectivity index (χ1n) is 6.50. The van der Waals surface area contributed by atoms with E-state index in [2.05, 4.69) is 32.7 Å². The van der Waals surface area contributed by atoms with Crippen LogP contribution in [-0.4, -0.2) is 29.7 Å². The lowest BCUT2D eigenvalue weighted by Gasteiger charge is -2.10. The molecule has 0 fully saturated rings. The highest BCUT2D eigenvalue weighted by Crippen LogP contribution is 1.97. The maximum absolute atomic E-state index is 4.89. The topological polar surface area (TPSA) is 75.3 Å². The van der Waals surface area contributed by atoms with Crippen LogP contribution >= 0.6 is 0 Å². The van der Waals surface area contributed by atoms with Crippen molar-refractivity contribution in [1.82, 2.24) is 20.8 Å². The first-order valence-corrected chi connectivity index (χ1v) is 6.50. The van der Waals surface area contributed by atoms with Gasteiger partial charge >= 0.3 is 0 Å².